The fourth-order valence-electron chi connectivity index (χ4n) is 16.4. The molecule has 2 aliphatic heterocycles. The zero-order chi connectivity index (χ0) is 83.8. The van der Waals surface area contributed by atoms with Crippen molar-refractivity contribution >= 4 is 123 Å². The lowest BCUT2D eigenvalue weighted by atomic mass is 9.33. The van der Waals surface area contributed by atoms with Crippen molar-refractivity contribution in [2.24, 2.45) is 0 Å². The van der Waals surface area contributed by atoms with E-state index >= 15 is 0 Å². The van der Waals surface area contributed by atoms with Gasteiger partial charge in [-0.15, -0.1) is 0 Å². The lowest BCUT2D eigenvalue weighted by Crippen LogP contribution is -2.61. The molecule has 106 heavy (non-hydrogen) atoms. The van der Waals surface area contributed by atoms with Crippen molar-refractivity contribution < 1.29 is 22.2 Å². The maximum atomic E-state index is 9.81. The number of hydrogen-bond acceptors (Lipinski definition) is 3. The number of nitrogens with zero attached hydrogens (tertiary/aromatic N) is 4. The molecule has 0 radical (unpaired) electrons. The van der Waals surface area contributed by atoms with Gasteiger partial charge >= 0.3 is 0 Å². The van der Waals surface area contributed by atoms with Crippen LogP contribution in [0.3, 0.4) is 0 Å². The smallest absolute Gasteiger partial charge is 0.252 e. The summed E-state index contributed by atoms with van der Waals surface area (Å²) in [5.74, 6) is 0. The summed E-state index contributed by atoms with van der Waals surface area (Å²) in [6.45, 7) is 26.1. The van der Waals surface area contributed by atoms with Crippen molar-refractivity contribution in [3.05, 3.63) is 319 Å². The van der Waals surface area contributed by atoms with E-state index in [1.54, 1.807) is 4.57 Å². The monoisotopic (exact) mass is 1380 g/mol. The van der Waals surface area contributed by atoms with Crippen molar-refractivity contribution in [1.82, 2.24) is 9.13 Å². The molecule has 5 nitrogen and oxygen atoms in total. The first-order valence-corrected chi connectivity index (χ1v) is 36.6. The Morgan fingerprint density at radius 3 is 1.30 bits per heavy atom. The van der Waals surface area contributed by atoms with Crippen LogP contribution in [0.4, 0.5) is 34.1 Å². The van der Waals surface area contributed by atoms with Gasteiger partial charge in [0, 0.05) is 66.4 Å². The Balaban J connectivity index is 0.977. The van der Waals surface area contributed by atoms with Crippen molar-refractivity contribution in [3.8, 4) is 55.9 Å². The molecule has 0 atom stereocenters. The number of anilines is 6. The zero-order valence-corrected chi connectivity index (χ0v) is 61.6. The molecule has 0 spiro atoms. The third kappa shape index (κ3) is 10.5. The Bertz CT molecular complexity index is 7010. The van der Waals surface area contributed by atoms with Crippen LogP contribution in [0.25, 0.3) is 121 Å². The maximum absolute atomic E-state index is 9.81. The summed E-state index contributed by atoms with van der Waals surface area (Å²) in [5.41, 5.74) is 20.5. The molecule has 0 saturated carbocycles. The largest absolute Gasteiger partial charge is 0.452 e. The Morgan fingerprint density at radius 2 is 0.745 bits per heavy atom. The highest BCUT2D eigenvalue weighted by atomic mass is 16.3. The molecule has 0 N–H and O–H groups in total. The highest BCUT2D eigenvalue weighted by Crippen LogP contribution is 2.52. The highest BCUT2D eigenvalue weighted by molar-refractivity contribution is 7.00. The van der Waals surface area contributed by atoms with Crippen LogP contribution in [0, 0.1) is 0 Å². The van der Waals surface area contributed by atoms with Gasteiger partial charge in [0.15, 0.2) is 11.2 Å². The number of fused-ring (bicyclic) bond motifs is 13. The molecule has 0 amide bonds. The standard InChI is InChI=1S/C100H85BN4O/c1-97(2,3)70-43-48-86-80(59-70)81-60-71(98(4,5)6)44-49-87(81)104(86)88-40-26-36-78-79-37-27-41-89(96(79)106-95(78)88)105-90-55-65(62-28-16-13-17-29-62)42-46-82(90)101-83-47-45-74(102-84-38-24-22-34-76(84)77-35-23-25-39-85(77)102)61-91(83)103(75-53-66(63-30-18-14-19-31-63)50-67(54-75)64-32-20-15-21-33-64)92-56-69(57-93(105)94(92)101)68-51-72(99(7,8)9)58-73(52-68)100(10,11)12/h13-61H,1-12H3/i13D,16D,17D,22D,23D,24D,25D,28D,29D,34D,35D,38D,39D. The van der Waals surface area contributed by atoms with Gasteiger partial charge in [-0.1, -0.05) is 283 Å². The van der Waals surface area contributed by atoms with Crippen LogP contribution >= 0.6 is 0 Å². The summed E-state index contributed by atoms with van der Waals surface area (Å²) in [5, 5.41) is 3.86. The third-order valence-corrected chi connectivity index (χ3v) is 22.0. The minimum absolute atomic E-state index is 0.0178. The van der Waals surface area contributed by atoms with Gasteiger partial charge in [0.05, 0.1) is 51.3 Å². The second-order valence-corrected chi connectivity index (χ2v) is 32.8. The van der Waals surface area contributed by atoms with Gasteiger partial charge in [-0.2, -0.15) is 0 Å². The summed E-state index contributed by atoms with van der Waals surface area (Å²) < 4.78 is 133. The second kappa shape index (κ2) is 23.8. The van der Waals surface area contributed by atoms with Crippen LogP contribution in [0.2, 0.25) is 0 Å². The molecule has 0 unspecified atom stereocenters. The molecule has 0 aliphatic carbocycles. The number of hydrogen-bond donors (Lipinski definition) is 0. The van der Waals surface area contributed by atoms with Gasteiger partial charge in [0.25, 0.3) is 6.71 Å². The van der Waals surface area contributed by atoms with E-state index < -0.39 is 73.2 Å². The highest BCUT2D eigenvalue weighted by Gasteiger charge is 2.45. The number of aromatic nitrogens is 2. The predicted molar refractivity (Wildman–Crippen MR) is 453 cm³/mol. The van der Waals surface area contributed by atoms with Crippen molar-refractivity contribution in [2.75, 3.05) is 9.80 Å². The van der Waals surface area contributed by atoms with E-state index in [0.717, 1.165) is 116 Å². The quantitative estimate of drug-likeness (QED) is 0.142. The molecule has 0 fully saturated rings. The predicted octanol–water partition coefficient (Wildman–Crippen LogP) is 25.7. The zero-order valence-electron chi connectivity index (χ0n) is 74.6. The number of para-hydroxylation sites is 4. The Hall–Kier alpha value is -11.9. The lowest BCUT2D eigenvalue weighted by molar-refractivity contribution is 0.569. The van der Waals surface area contributed by atoms with Gasteiger partial charge in [0.2, 0.25) is 0 Å². The van der Waals surface area contributed by atoms with Crippen molar-refractivity contribution in [2.45, 2.75) is 105 Å². The van der Waals surface area contributed by atoms with Crippen LogP contribution in [-0.4, -0.2) is 15.8 Å². The first-order chi connectivity index (χ1) is 56.5. The summed E-state index contributed by atoms with van der Waals surface area (Å²) in [6.07, 6.45) is 0. The van der Waals surface area contributed by atoms with E-state index in [1.807, 2.05) is 72.8 Å². The summed E-state index contributed by atoms with van der Waals surface area (Å²) in [6, 6.07) is 70.3. The van der Waals surface area contributed by atoms with Crippen LogP contribution in [0.1, 0.15) is 123 Å². The first-order valence-electron chi connectivity index (χ1n) is 43.1. The number of rotatable bonds is 8. The average molecular weight is 1380 g/mol. The fraction of sp³-hybridized carbons (Fsp3) is 0.160. The van der Waals surface area contributed by atoms with Crippen LogP contribution in [0.15, 0.2) is 301 Å². The van der Waals surface area contributed by atoms with Gasteiger partial charge < -0.3 is 23.4 Å². The molecular formula is C100H85BN4O. The molecule has 19 rings (SSSR count). The van der Waals surface area contributed by atoms with E-state index in [0.29, 0.717) is 39.5 Å². The van der Waals surface area contributed by atoms with Crippen LogP contribution in [-0.2, 0) is 21.7 Å². The first kappa shape index (κ1) is 52.2. The van der Waals surface area contributed by atoms with Crippen LogP contribution in [0.5, 0.6) is 0 Å². The molecular weight excluding hydrogens is 1280 g/mol. The van der Waals surface area contributed by atoms with E-state index in [4.69, 9.17) is 11.3 Å². The van der Waals surface area contributed by atoms with E-state index in [2.05, 4.69) is 243 Å². The van der Waals surface area contributed by atoms with E-state index in [9.17, 15) is 11.0 Å². The molecule has 3 aromatic heterocycles. The van der Waals surface area contributed by atoms with Crippen molar-refractivity contribution in [1.29, 1.82) is 0 Å². The molecule has 0 bridgehead atoms. The fourth-order valence-corrected chi connectivity index (χ4v) is 16.4. The van der Waals surface area contributed by atoms with Gasteiger partial charge in [-0.25, -0.2) is 0 Å². The van der Waals surface area contributed by atoms with Gasteiger partial charge in [-0.3, -0.25) is 0 Å². The average Bonchev–Trinajstić information content (AvgIpc) is 1.56. The third-order valence-electron chi connectivity index (χ3n) is 22.0. The molecule has 0 saturated heterocycles. The number of furan rings is 1. The van der Waals surface area contributed by atoms with Gasteiger partial charge in [0.1, 0.15) is 0 Å². The summed E-state index contributed by atoms with van der Waals surface area (Å²) in [4.78, 5) is 4.54. The number of benzene rings is 14. The summed E-state index contributed by atoms with van der Waals surface area (Å²) in [7, 11) is 0. The molecule has 2 aliphatic rings. The Labute approximate surface area is 640 Å². The maximum Gasteiger partial charge on any atom is 0.252 e. The topological polar surface area (TPSA) is 29.5 Å². The minimum Gasteiger partial charge on any atom is -0.452 e. The Kier molecular flexibility index (Phi) is 11.7. The van der Waals surface area contributed by atoms with Crippen LogP contribution < -0.4 is 26.2 Å². The second-order valence-electron chi connectivity index (χ2n) is 32.8. The van der Waals surface area contributed by atoms with Gasteiger partial charge in [-0.05, 0) is 202 Å². The normalized spacial score (nSPS) is 14.9. The van der Waals surface area contributed by atoms with Crippen molar-refractivity contribution in [3.63, 3.8) is 0 Å². The molecule has 6 heteroatoms. The van der Waals surface area contributed by atoms with E-state index in [1.165, 1.54) is 11.1 Å². The SMILES string of the molecule is [2H]c1c([2H])c([2H])c(-c2ccc3c(c2)N(c2cccc4c2oc2c(-n5c6ccc(C(C)(C)C)cc6c6cc(C(C)(C)C)ccc65)cccc24)c2cc(-c4cc(C(C)(C)C)cc(C(C)(C)C)c4)cc4c2B3c2ccc(-n3c5c([2H])c([2H])c([2H])c([2H])c5c5c([2H])c([2H])c([2H])c([2H])c53)cc2N4c2cc(-c3ccccc3)cc(-c3ccccc3)c2)c([2H])c1[2H]. The molecule has 514 valence electrons. The minimum atomic E-state index is -0.700. The van der Waals surface area contributed by atoms with E-state index in [-0.39, 0.29) is 61.1 Å². The molecule has 17 aromatic rings. The molecule has 14 aromatic carbocycles. The summed E-state index contributed by atoms with van der Waals surface area (Å²) >= 11 is 0. The lowest BCUT2D eigenvalue weighted by Gasteiger charge is -2.45. The Morgan fingerprint density at radius 1 is 0.274 bits per heavy atom. The molecule has 5 heterocycles.